The van der Waals surface area contributed by atoms with Crippen LogP contribution in [0.25, 0.3) is 0 Å². The number of pyridine rings is 1. The van der Waals surface area contributed by atoms with Crippen LogP contribution in [0.2, 0.25) is 0 Å². The number of aromatic nitrogens is 1. The summed E-state index contributed by atoms with van der Waals surface area (Å²) in [4.78, 5) is 16.3. The first-order valence-electron chi connectivity index (χ1n) is 6.13. The maximum atomic E-state index is 11.9. The van der Waals surface area contributed by atoms with E-state index in [0.29, 0.717) is 11.3 Å². The second-order valence-electron chi connectivity index (χ2n) is 4.85. The molecule has 0 radical (unpaired) electrons. The molecule has 0 aromatic carbocycles. The summed E-state index contributed by atoms with van der Waals surface area (Å²) >= 11 is 4.83. The quantitative estimate of drug-likeness (QED) is 0.792. The van der Waals surface area contributed by atoms with Crippen molar-refractivity contribution in [3.63, 3.8) is 0 Å². The summed E-state index contributed by atoms with van der Waals surface area (Å²) in [6.45, 7) is 2.03. The van der Waals surface area contributed by atoms with Crippen molar-refractivity contribution in [1.29, 1.82) is 0 Å². The van der Waals surface area contributed by atoms with E-state index in [1.807, 2.05) is 6.92 Å². The van der Waals surface area contributed by atoms with E-state index in [1.54, 1.807) is 12.1 Å². The highest BCUT2D eigenvalue weighted by Crippen LogP contribution is 2.33. The molecule has 1 atom stereocenters. The number of hydrogen-bond donors (Lipinski definition) is 2. The first-order valence-corrected chi connectivity index (χ1v) is 6.54. The average molecular weight is 263 g/mol. The average Bonchev–Trinajstić information content (AvgIpc) is 3.12. The fraction of sp³-hybridized carbons (Fsp3) is 0.462. The highest BCUT2D eigenvalue weighted by Gasteiger charge is 2.24. The molecule has 2 rings (SSSR count). The van der Waals surface area contributed by atoms with Gasteiger partial charge in [0.25, 0.3) is 5.91 Å². The highest BCUT2D eigenvalue weighted by atomic mass is 32.1. The molecule has 1 aliphatic rings. The molecule has 1 aliphatic carbocycles. The van der Waals surface area contributed by atoms with Crippen LogP contribution < -0.4 is 11.1 Å². The minimum absolute atomic E-state index is 0.141. The third-order valence-electron chi connectivity index (χ3n) is 3.04. The second kappa shape index (κ2) is 5.44. The Morgan fingerprint density at radius 3 is 2.83 bits per heavy atom. The number of rotatable bonds is 5. The molecule has 3 N–H and O–H groups in total. The van der Waals surface area contributed by atoms with Crippen LogP contribution in [-0.4, -0.2) is 21.9 Å². The molecule has 1 aromatic rings. The molecular weight excluding hydrogens is 246 g/mol. The fourth-order valence-electron chi connectivity index (χ4n) is 1.88. The Morgan fingerprint density at radius 2 is 2.33 bits per heavy atom. The predicted molar refractivity (Wildman–Crippen MR) is 74.4 cm³/mol. The van der Waals surface area contributed by atoms with Crippen LogP contribution in [0.3, 0.4) is 0 Å². The van der Waals surface area contributed by atoms with Crippen LogP contribution in [-0.2, 0) is 0 Å². The van der Waals surface area contributed by atoms with Gasteiger partial charge in [0.05, 0.1) is 0 Å². The predicted octanol–water partition coefficient (Wildman–Crippen LogP) is 1.63. The number of thiocarbonyl (C=S) groups is 1. The third-order valence-corrected chi connectivity index (χ3v) is 3.28. The van der Waals surface area contributed by atoms with Crippen molar-refractivity contribution in [1.82, 2.24) is 10.3 Å². The van der Waals surface area contributed by atoms with Gasteiger partial charge in [-0.2, -0.15) is 0 Å². The standard InChI is InChI=1S/C13H17N3OS/c1-8(6-9-2-3-9)16-13(17)11-5-4-10(7-15-11)12(14)18/h4-5,7-9H,2-3,6H2,1H3,(H2,14,18)(H,16,17). The Hall–Kier alpha value is -1.49. The number of amides is 1. The maximum Gasteiger partial charge on any atom is 0.270 e. The third kappa shape index (κ3) is 3.50. The lowest BCUT2D eigenvalue weighted by molar-refractivity contribution is 0.0932. The van der Waals surface area contributed by atoms with E-state index in [-0.39, 0.29) is 16.9 Å². The van der Waals surface area contributed by atoms with Crippen molar-refractivity contribution in [3.05, 3.63) is 29.6 Å². The number of nitrogens with zero attached hydrogens (tertiary/aromatic N) is 1. The molecule has 5 heteroatoms. The molecule has 1 unspecified atom stereocenters. The van der Waals surface area contributed by atoms with Gasteiger partial charge in [-0.3, -0.25) is 9.78 Å². The summed E-state index contributed by atoms with van der Waals surface area (Å²) in [7, 11) is 0. The van der Waals surface area contributed by atoms with Crippen LogP contribution in [0, 0.1) is 5.92 Å². The molecular formula is C13H17N3OS. The van der Waals surface area contributed by atoms with Crippen LogP contribution in [0.4, 0.5) is 0 Å². The number of nitrogens with two attached hydrogens (primary N) is 1. The smallest absolute Gasteiger partial charge is 0.270 e. The summed E-state index contributed by atoms with van der Waals surface area (Å²) in [6, 6.07) is 3.56. The van der Waals surface area contributed by atoms with Crippen molar-refractivity contribution in [2.24, 2.45) is 11.7 Å². The Labute approximate surface area is 112 Å². The molecule has 4 nitrogen and oxygen atoms in total. The van der Waals surface area contributed by atoms with Crippen LogP contribution >= 0.6 is 12.2 Å². The van der Waals surface area contributed by atoms with Gasteiger partial charge in [0.1, 0.15) is 10.7 Å². The van der Waals surface area contributed by atoms with Gasteiger partial charge in [0.2, 0.25) is 0 Å². The number of carbonyl (C=O) groups is 1. The maximum absolute atomic E-state index is 11.9. The number of nitrogens with one attached hydrogen (secondary N) is 1. The minimum Gasteiger partial charge on any atom is -0.389 e. The van der Waals surface area contributed by atoms with Crippen molar-refractivity contribution in [3.8, 4) is 0 Å². The normalized spacial score (nSPS) is 16.1. The zero-order chi connectivity index (χ0) is 13.1. The van der Waals surface area contributed by atoms with E-state index >= 15 is 0 Å². The lowest BCUT2D eigenvalue weighted by Gasteiger charge is -2.12. The second-order valence-corrected chi connectivity index (χ2v) is 5.29. The summed E-state index contributed by atoms with van der Waals surface area (Å²) in [5, 5.41) is 2.95. The summed E-state index contributed by atoms with van der Waals surface area (Å²) in [5.41, 5.74) is 6.55. The first kappa shape index (κ1) is 13.0. The molecule has 18 heavy (non-hydrogen) atoms. The first-order chi connectivity index (χ1) is 8.56. The highest BCUT2D eigenvalue weighted by molar-refractivity contribution is 7.80. The van der Waals surface area contributed by atoms with Crippen LogP contribution in [0.1, 0.15) is 42.2 Å². The molecule has 1 saturated carbocycles. The Bertz CT molecular complexity index is 454. The SMILES string of the molecule is CC(CC1CC1)NC(=O)c1ccc(C(N)=S)cn1. The number of carbonyl (C=O) groups excluding carboxylic acids is 1. The van der Waals surface area contributed by atoms with Gasteiger partial charge >= 0.3 is 0 Å². The summed E-state index contributed by atoms with van der Waals surface area (Å²) in [5.74, 6) is 0.655. The van der Waals surface area contributed by atoms with E-state index in [2.05, 4.69) is 10.3 Å². The largest absolute Gasteiger partial charge is 0.389 e. The lowest BCUT2D eigenvalue weighted by atomic mass is 10.1. The molecule has 96 valence electrons. The van der Waals surface area contributed by atoms with E-state index in [1.165, 1.54) is 19.0 Å². The van der Waals surface area contributed by atoms with Gasteiger partial charge in [-0.1, -0.05) is 25.1 Å². The zero-order valence-corrected chi connectivity index (χ0v) is 11.2. The van der Waals surface area contributed by atoms with E-state index in [4.69, 9.17) is 18.0 Å². The monoisotopic (exact) mass is 263 g/mol. The van der Waals surface area contributed by atoms with Crippen molar-refractivity contribution in [2.45, 2.75) is 32.2 Å². The Morgan fingerprint density at radius 1 is 1.61 bits per heavy atom. The van der Waals surface area contributed by atoms with Gasteiger partial charge < -0.3 is 11.1 Å². The lowest BCUT2D eigenvalue weighted by Crippen LogP contribution is -2.33. The Kier molecular flexibility index (Phi) is 3.91. The molecule has 0 aliphatic heterocycles. The van der Waals surface area contributed by atoms with Gasteiger partial charge in [0.15, 0.2) is 0 Å². The van der Waals surface area contributed by atoms with Crippen LogP contribution in [0.5, 0.6) is 0 Å². The summed E-state index contributed by atoms with van der Waals surface area (Å²) in [6.07, 6.45) is 5.17. The molecule has 0 saturated heterocycles. The molecule has 1 amide bonds. The van der Waals surface area contributed by atoms with E-state index < -0.39 is 0 Å². The molecule has 1 fully saturated rings. The molecule has 1 aromatic heterocycles. The van der Waals surface area contributed by atoms with E-state index in [0.717, 1.165) is 12.3 Å². The van der Waals surface area contributed by atoms with Crippen molar-refractivity contribution >= 4 is 23.1 Å². The Balaban J connectivity index is 1.93. The molecule has 0 bridgehead atoms. The molecule has 1 heterocycles. The van der Waals surface area contributed by atoms with Gasteiger partial charge in [-0.25, -0.2) is 0 Å². The van der Waals surface area contributed by atoms with Gasteiger partial charge in [-0.05, 0) is 31.4 Å². The van der Waals surface area contributed by atoms with E-state index in [9.17, 15) is 4.79 Å². The zero-order valence-electron chi connectivity index (χ0n) is 10.3. The van der Waals surface area contributed by atoms with Crippen LogP contribution in [0.15, 0.2) is 18.3 Å². The van der Waals surface area contributed by atoms with Crippen molar-refractivity contribution in [2.75, 3.05) is 0 Å². The van der Waals surface area contributed by atoms with Gasteiger partial charge in [-0.15, -0.1) is 0 Å². The number of hydrogen-bond acceptors (Lipinski definition) is 3. The van der Waals surface area contributed by atoms with Gasteiger partial charge in [0, 0.05) is 17.8 Å². The topological polar surface area (TPSA) is 68.0 Å². The van der Waals surface area contributed by atoms with Crippen molar-refractivity contribution < 1.29 is 4.79 Å². The fourth-order valence-corrected chi connectivity index (χ4v) is 2.00. The summed E-state index contributed by atoms with van der Waals surface area (Å²) < 4.78 is 0. The minimum atomic E-state index is -0.141. The molecule has 0 spiro atoms.